The number of nitrogens with one attached hydrogen (secondary N) is 2. The molecule has 8 nitrogen and oxygen atoms in total. The second-order valence-electron chi connectivity index (χ2n) is 7.33. The van der Waals surface area contributed by atoms with Crippen LogP contribution in [0, 0.1) is 6.92 Å². The molecule has 0 radical (unpaired) electrons. The van der Waals surface area contributed by atoms with Gasteiger partial charge in [0.25, 0.3) is 5.91 Å². The number of benzene rings is 1. The molecular formula is C18H25N3O5S. The third-order valence-corrected chi connectivity index (χ3v) is 6.09. The smallest absolute Gasteiger partial charge is 0.269 e. The molecule has 1 fully saturated rings. The number of amides is 1. The lowest BCUT2D eigenvalue weighted by Crippen LogP contribution is -2.58. The third kappa shape index (κ3) is 4.31. The summed E-state index contributed by atoms with van der Waals surface area (Å²) in [6.07, 6.45) is 0.617. The number of ether oxygens (including phenoxy) is 1. The van der Waals surface area contributed by atoms with Crippen LogP contribution in [0.15, 0.2) is 34.3 Å². The average molecular weight is 395 g/mol. The molecule has 27 heavy (non-hydrogen) atoms. The van der Waals surface area contributed by atoms with Crippen molar-refractivity contribution in [1.29, 1.82) is 0 Å². The molecule has 1 aromatic carbocycles. The minimum Gasteiger partial charge on any atom is -0.384 e. The fourth-order valence-corrected chi connectivity index (χ4v) is 4.68. The van der Waals surface area contributed by atoms with Crippen LogP contribution in [0.2, 0.25) is 0 Å². The largest absolute Gasteiger partial charge is 0.384 e. The summed E-state index contributed by atoms with van der Waals surface area (Å²) in [6, 6.07) is 6.12. The standard InChI is InChI=1S/C18H25N3O5S/c1-12(2)19-17(22)15-10-18(26-20-15)11-25-8-7-16(18)21-27(23,24)14-6-4-5-13(3)9-14/h4-6,9,12,16,21H,7-8,10-11H2,1-3H3,(H,19,22)/t16-,18-/m1/s1. The van der Waals surface area contributed by atoms with Gasteiger partial charge in [0.05, 0.1) is 17.5 Å². The number of hydrogen-bond donors (Lipinski definition) is 2. The maximum Gasteiger partial charge on any atom is 0.269 e. The van der Waals surface area contributed by atoms with Gasteiger partial charge in [-0.05, 0) is 44.9 Å². The Hall–Kier alpha value is -1.97. The van der Waals surface area contributed by atoms with Crippen molar-refractivity contribution in [3.05, 3.63) is 29.8 Å². The zero-order valence-electron chi connectivity index (χ0n) is 15.7. The van der Waals surface area contributed by atoms with Gasteiger partial charge >= 0.3 is 0 Å². The molecule has 0 bridgehead atoms. The van der Waals surface area contributed by atoms with Gasteiger partial charge in [-0.3, -0.25) is 4.79 Å². The first-order valence-electron chi connectivity index (χ1n) is 8.94. The highest BCUT2D eigenvalue weighted by Crippen LogP contribution is 2.33. The molecule has 2 atom stereocenters. The number of carbonyl (C=O) groups is 1. The normalized spacial score (nSPS) is 25.3. The van der Waals surface area contributed by atoms with Gasteiger partial charge in [0, 0.05) is 19.1 Å². The van der Waals surface area contributed by atoms with Gasteiger partial charge in [-0.2, -0.15) is 0 Å². The number of aryl methyl sites for hydroxylation is 1. The summed E-state index contributed by atoms with van der Waals surface area (Å²) < 4.78 is 33.9. The molecule has 148 valence electrons. The lowest BCUT2D eigenvalue weighted by atomic mass is 9.86. The van der Waals surface area contributed by atoms with Gasteiger partial charge in [0.2, 0.25) is 10.0 Å². The summed E-state index contributed by atoms with van der Waals surface area (Å²) >= 11 is 0. The highest BCUT2D eigenvalue weighted by Gasteiger charge is 2.51. The van der Waals surface area contributed by atoms with Crippen molar-refractivity contribution >= 4 is 21.6 Å². The van der Waals surface area contributed by atoms with Crippen LogP contribution in [-0.4, -0.2) is 50.9 Å². The van der Waals surface area contributed by atoms with E-state index in [1.807, 2.05) is 26.8 Å². The maximum atomic E-state index is 12.8. The highest BCUT2D eigenvalue weighted by molar-refractivity contribution is 7.89. The molecule has 2 aliphatic heterocycles. The van der Waals surface area contributed by atoms with Crippen LogP contribution >= 0.6 is 0 Å². The second-order valence-corrected chi connectivity index (χ2v) is 9.04. The fraction of sp³-hybridized carbons (Fsp3) is 0.556. The van der Waals surface area contributed by atoms with Crippen molar-refractivity contribution in [2.24, 2.45) is 5.16 Å². The Morgan fingerprint density at radius 1 is 1.37 bits per heavy atom. The number of carbonyl (C=O) groups excluding carboxylic acids is 1. The number of nitrogens with zero attached hydrogens (tertiary/aromatic N) is 1. The minimum atomic E-state index is -3.74. The maximum absolute atomic E-state index is 12.8. The van der Waals surface area contributed by atoms with Crippen LogP contribution in [0.3, 0.4) is 0 Å². The minimum absolute atomic E-state index is 0.0324. The number of sulfonamides is 1. The molecule has 1 amide bonds. The van der Waals surface area contributed by atoms with E-state index in [0.29, 0.717) is 13.0 Å². The molecule has 1 saturated heterocycles. The zero-order valence-corrected chi connectivity index (χ0v) is 16.5. The van der Waals surface area contributed by atoms with Crippen LogP contribution in [0.4, 0.5) is 0 Å². The van der Waals surface area contributed by atoms with Crippen molar-refractivity contribution in [2.75, 3.05) is 13.2 Å². The Morgan fingerprint density at radius 2 is 2.15 bits per heavy atom. The summed E-state index contributed by atoms with van der Waals surface area (Å²) in [5.74, 6) is -0.312. The van der Waals surface area contributed by atoms with Crippen molar-refractivity contribution in [3.63, 3.8) is 0 Å². The van der Waals surface area contributed by atoms with Gasteiger partial charge in [-0.25, -0.2) is 13.1 Å². The van der Waals surface area contributed by atoms with Gasteiger partial charge in [0.15, 0.2) is 5.60 Å². The molecule has 2 heterocycles. The summed E-state index contributed by atoms with van der Waals surface area (Å²) in [5.41, 5.74) is 0.0836. The molecule has 2 aliphatic rings. The number of rotatable bonds is 5. The topological polar surface area (TPSA) is 106 Å². The fourth-order valence-electron chi connectivity index (χ4n) is 3.24. The molecular weight excluding hydrogens is 370 g/mol. The average Bonchev–Trinajstić information content (AvgIpc) is 3.01. The summed E-state index contributed by atoms with van der Waals surface area (Å²) in [4.78, 5) is 18.0. The van der Waals surface area contributed by atoms with E-state index < -0.39 is 21.7 Å². The van der Waals surface area contributed by atoms with E-state index in [1.54, 1.807) is 18.2 Å². The van der Waals surface area contributed by atoms with E-state index in [2.05, 4.69) is 15.2 Å². The van der Waals surface area contributed by atoms with E-state index >= 15 is 0 Å². The number of hydrogen-bond acceptors (Lipinski definition) is 6. The molecule has 0 aromatic heterocycles. The van der Waals surface area contributed by atoms with Crippen molar-refractivity contribution in [3.8, 4) is 0 Å². The summed E-state index contributed by atoms with van der Waals surface area (Å²) in [7, 11) is -3.74. The van der Waals surface area contributed by atoms with E-state index in [9.17, 15) is 13.2 Å². The van der Waals surface area contributed by atoms with Gasteiger partial charge < -0.3 is 14.9 Å². The van der Waals surface area contributed by atoms with Gasteiger partial charge in [-0.1, -0.05) is 17.3 Å². The number of oxime groups is 1. The Morgan fingerprint density at radius 3 is 2.85 bits per heavy atom. The first-order chi connectivity index (χ1) is 12.7. The lowest BCUT2D eigenvalue weighted by Gasteiger charge is -2.38. The molecule has 1 aromatic rings. The van der Waals surface area contributed by atoms with Crippen molar-refractivity contribution < 1.29 is 22.8 Å². The van der Waals surface area contributed by atoms with Crippen LogP contribution in [0.5, 0.6) is 0 Å². The molecule has 0 aliphatic carbocycles. The Kier molecular flexibility index (Phi) is 5.55. The third-order valence-electron chi connectivity index (χ3n) is 4.62. The highest BCUT2D eigenvalue weighted by atomic mass is 32.2. The van der Waals surface area contributed by atoms with Gasteiger partial charge in [-0.15, -0.1) is 0 Å². The molecule has 2 N–H and O–H groups in total. The van der Waals surface area contributed by atoms with Crippen LogP contribution in [0.1, 0.15) is 32.3 Å². The zero-order chi connectivity index (χ0) is 19.7. The molecule has 0 saturated carbocycles. The van der Waals surface area contributed by atoms with E-state index in [0.717, 1.165) is 5.56 Å². The predicted octanol–water partition coefficient (Wildman–Crippen LogP) is 1.10. The summed E-state index contributed by atoms with van der Waals surface area (Å²) in [5, 5.41) is 6.70. The van der Waals surface area contributed by atoms with Gasteiger partial charge in [0.1, 0.15) is 5.71 Å². The van der Waals surface area contributed by atoms with Crippen molar-refractivity contribution in [2.45, 2.75) is 56.2 Å². The quantitative estimate of drug-likeness (QED) is 0.777. The predicted molar refractivity (Wildman–Crippen MR) is 99.9 cm³/mol. The van der Waals surface area contributed by atoms with Crippen LogP contribution in [0.25, 0.3) is 0 Å². The SMILES string of the molecule is Cc1cccc(S(=O)(=O)N[C@@H]2CCOC[C@]23CC(C(=O)NC(C)C)=NO3)c1. The first kappa shape index (κ1) is 19.8. The van der Waals surface area contributed by atoms with E-state index in [4.69, 9.17) is 9.57 Å². The Balaban J connectivity index is 1.78. The van der Waals surface area contributed by atoms with Crippen molar-refractivity contribution in [1.82, 2.24) is 10.0 Å². The lowest BCUT2D eigenvalue weighted by molar-refractivity contribution is -0.126. The molecule has 1 spiro atoms. The molecule has 0 unspecified atom stereocenters. The first-order valence-corrected chi connectivity index (χ1v) is 10.4. The summed E-state index contributed by atoms with van der Waals surface area (Å²) in [6.45, 7) is 6.11. The van der Waals surface area contributed by atoms with Crippen LogP contribution < -0.4 is 10.0 Å². The molecule has 3 rings (SSSR count). The Labute approximate surface area is 159 Å². The van der Waals surface area contributed by atoms with E-state index in [1.165, 1.54) is 0 Å². The van der Waals surface area contributed by atoms with Crippen LogP contribution in [-0.2, 0) is 24.4 Å². The second kappa shape index (κ2) is 7.57. The van der Waals surface area contributed by atoms with E-state index in [-0.39, 0.29) is 35.6 Å². The monoisotopic (exact) mass is 395 g/mol. The molecule has 9 heteroatoms. The Bertz CT molecular complexity index is 852.